The van der Waals surface area contributed by atoms with Crippen molar-refractivity contribution in [3.63, 3.8) is 0 Å². The van der Waals surface area contributed by atoms with Crippen LogP contribution >= 0.6 is 0 Å². The van der Waals surface area contributed by atoms with E-state index in [1.807, 2.05) is 18.2 Å². The van der Waals surface area contributed by atoms with Crippen LogP contribution < -0.4 is 15.5 Å². The maximum absolute atomic E-state index is 13.7. The average Bonchev–Trinajstić information content (AvgIpc) is 3.30. The second kappa shape index (κ2) is 9.75. The third-order valence-electron chi connectivity index (χ3n) is 8.56. The number of morpholine rings is 1. The van der Waals surface area contributed by atoms with E-state index in [0.717, 1.165) is 76.2 Å². The molecule has 188 valence electrons. The van der Waals surface area contributed by atoms with E-state index in [4.69, 9.17) is 4.74 Å². The van der Waals surface area contributed by atoms with E-state index in [2.05, 4.69) is 27.7 Å². The number of carbonyl (C=O) groups excluding carboxylic acids is 2. The lowest BCUT2D eigenvalue weighted by atomic mass is 9.57. The van der Waals surface area contributed by atoms with Crippen LogP contribution in [0.1, 0.15) is 44.9 Å². The number of nitrogens with one attached hydrogen (secondary N) is 2. The summed E-state index contributed by atoms with van der Waals surface area (Å²) in [6.45, 7) is 3.35. The van der Waals surface area contributed by atoms with Gasteiger partial charge in [-0.3, -0.25) is 9.59 Å². The van der Waals surface area contributed by atoms with Crippen LogP contribution in [0.5, 0.6) is 0 Å². The van der Waals surface area contributed by atoms with E-state index >= 15 is 0 Å². The molecule has 5 fully saturated rings. The Hall–Kier alpha value is -2.70. The highest BCUT2D eigenvalue weighted by Crippen LogP contribution is 2.52. The molecule has 9 heteroatoms. The van der Waals surface area contributed by atoms with E-state index in [1.54, 1.807) is 0 Å². The average molecular weight is 484 g/mol. The van der Waals surface area contributed by atoms with Crippen molar-refractivity contribution < 1.29 is 18.7 Å². The first-order chi connectivity index (χ1) is 16.9. The lowest BCUT2D eigenvalue weighted by Crippen LogP contribution is -2.59. The summed E-state index contributed by atoms with van der Waals surface area (Å²) in [5.41, 5.74) is 1.44. The zero-order valence-corrected chi connectivity index (χ0v) is 20.1. The fourth-order valence-electron chi connectivity index (χ4n) is 6.18. The van der Waals surface area contributed by atoms with Crippen molar-refractivity contribution in [2.45, 2.75) is 62.7 Å². The number of likely N-dealkylation sites (tertiary alicyclic amines) is 1. The van der Waals surface area contributed by atoms with E-state index in [-0.39, 0.29) is 42.3 Å². The zero-order valence-electron chi connectivity index (χ0n) is 20.1. The normalized spacial score (nSPS) is 32.3. The summed E-state index contributed by atoms with van der Waals surface area (Å²) < 4.78 is 19.1. The van der Waals surface area contributed by atoms with Gasteiger partial charge >= 0.3 is 0 Å². The maximum Gasteiger partial charge on any atom is 0.237 e. The van der Waals surface area contributed by atoms with Gasteiger partial charge in [-0.05, 0) is 62.8 Å². The number of rotatable bonds is 6. The molecule has 2 bridgehead atoms. The topological polar surface area (TPSA) is 97.7 Å². The van der Waals surface area contributed by atoms with Gasteiger partial charge in [0.1, 0.15) is 12.2 Å². The van der Waals surface area contributed by atoms with E-state index in [1.165, 1.54) is 4.90 Å². The second-order valence-electron chi connectivity index (χ2n) is 10.5. The van der Waals surface area contributed by atoms with Crippen molar-refractivity contribution >= 4 is 23.2 Å². The van der Waals surface area contributed by atoms with Crippen LogP contribution in [-0.2, 0) is 14.3 Å². The summed E-state index contributed by atoms with van der Waals surface area (Å²) in [5, 5.41) is 15.8. The van der Waals surface area contributed by atoms with Crippen LogP contribution in [0.15, 0.2) is 24.3 Å². The molecule has 0 spiro atoms. The summed E-state index contributed by atoms with van der Waals surface area (Å²) in [6, 6.07) is 9.40. The Bertz CT molecular complexity index is 963. The number of hydrogen-bond donors (Lipinski definition) is 2. The number of carbonyl (C=O) groups is 2. The molecular weight excluding hydrogens is 449 g/mol. The summed E-state index contributed by atoms with van der Waals surface area (Å²) in [5.74, 6) is -0.129. The number of nitriles is 1. The van der Waals surface area contributed by atoms with Gasteiger partial charge in [0.25, 0.3) is 0 Å². The van der Waals surface area contributed by atoms with Gasteiger partial charge in [0.15, 0.2) is 0 Å². The van der Waals surface area contributed by atoms with Gasteiger partial charge in [-0.2, -0.15) is 5.26 Å². The Balaban J connectivity index is 1.13. The smallest absolute Gasteiger partial charge is 0.237 e. The van der Waals surface area contributed by atoms with Crippen molar-refractivity contribution in [1.29, 1.82) is 5.26 Å². The van der Waals surface area contributed by atoms with E-state index in [9.17, 15) is 19.2 Å². The molecule has 6 rings (SSSR count). The number of benzene rings is 1. The highest BCUT2D eigenvalue weighted by Gasteiger charge is 2.52. The number of nitrogens with zero attached hydrogens (tertiary/aromatic N) is 3. The Morgan fingerprint density at radius 3 is 2.37 bits per heavy atom. The molecule has 2 heterocycles. The molecule has 2 amide bonds. The number of anilines is 2. The zero-order chi connectivity index (χ0) is 24.5. The van der Waals surface area contributed by atoms with Crippen molar-refractivity contribution in [3.05, 3.63) is 24.3 Å². The molecule has 3 aliphatic carbocycles. The molecule has 8 nitrogen and oxygen atoms in total. The highest BCUT2D eigenvalue weighted by atomic mass is 19.1. The van der Waals surface area contributed by atoms with Crippen molar-refractivity contribution in [3.8, 4) is 6.07 Å². The summed E-state index contributed by atoms with van der Waals surface area (Å²) >= 11 is 0. The minimum absolute atomic E-state index is 0.00243. The first kappa shape index (κ1) is 24.0. The molecule has 0 aromatic heterocycles. The predicted octanol–water partition coefficient (Wildman–Crippen LogP) is 2.61. The molecule has 0 unspecified atom stereocenters. The van der Waals surface area contributed by atoms with Crippen LogP contribution in [0.25, 0.3) is 0 Å². The van der Waals surface area contributed by atoms with Gasteiger partial charge in [0, 0.05) is 41.8 Å². The molecule has 2 N–H and O–H groups in total. The molecule has 2 aliphatic heterocycles. The summed E-state index contributed by atoms with van der Waals surface area (Å²) in [7, 11) is 0. The molecule has 0 radical (unpaired) electrons. The number of amides is 2. The summed E-state index contributed by atoms with van der Waals surface area (Å²) in [6.07, 6.45) is 3.81. The number of alkyl halides is 1. The standard InChI is InChI=1S/C26H34FN5O3/c27-19-15-22(16-28)32(18-19)23(33)17-29-26-8-5-25(6-9-26,7-10-26)24(34)30-20-1-3-21(4-2-20)31-11-13-35-14-12-31/h1-4,19,22,29H,5-15,17-18H2,(H,30,34)/t19-,22-,25?,26?/m0/s1. The van der Waals surface area contributed by atoms with Crippen LogP contribution in [0.3, 0.4) is 0 Å². The lowest BCUT2D eigenvalue weighted by molar-refractivity contribution is -0.135. The van der Waals surface area contributed by atoms with Crippen molar-refractivity contribution in [2.24, 2.45) is 5.41 Å². The van der Waals surface area contributed by atoms with Gasteiger partial charge in [-0.15, -0.1) is 0 Å². The predicted molar refractivity (Wildman–Crippen MR) is 130 cm³/mol. The van der Waals surface area contributed by atoms with Crippen LogP contribution in [-0.4, -0.2) is 73.9 Å². The van der Waals surface area contributed by atoms with Crippen molar-refractivity contribution in [2.75, 3.05) is 49.6 Å². The molecule has 2 saturated heterocycles. The Morgan fingerprint density at radius 2 is 1.74 bits per heavy atom. The molecule has 5 aliphatic rings. The van der Waals surface area contributed by atoms with Gasteiger partial charge in [-0.1, -0.05) is 0 Å². The monoisotopic (exact) mass is 483 g/mol. The Kier molecular flexibility index (Phi) is 6.69. The third-order valence-corrected chi connectivity index (χ3v) is 8.56. The molecule has 1 aromatic carbocycles. The fraction of sp³-hybridized carbons (Fsp3) is 0.654. The maximum atomic E-state index is 13.7. The van der Waals surface area contributed by atoms with Gasteiger partial charge < -0.3 is 25.2 Å². The summed E-state index contributed by atoms with van der Waals surface area (Å²) in [4.78, 5) is 29.6. The Morgan fingerprint density at radius 1 is 1.09 bits per heavy atom. The molecule has 3 saturated carbocycles. The van der Waals surface area contributed by atoms with Crippen LogP contribution in [0, 0.1) is 16.7 Å². The van der Waals surface area contributed by atoms with E-state index in [0.29, 0.717) is 0 Å². The number of fused-ring (bicyclic) bond motifs is 3. The van der Waals surface area contributed by atoms with Gasteiger partial charge in [0.2, 0.25) is 11.8 Å². The second-order valence-corrected chi connectivity index (χ2v) is 10.5. The number of halogens is 1. The first-order valence-electron chi connectivity index (χ1n) is 12.7. The number of hydrogen-bond acceptors (Lipinski definition) is 6. The quantitative estimate of drug-likeness (QED) is 0.646. The molecule has 1 aromatic rings. The molecular formula is C26H34FN5O3. The van der Waals surface area contributed by atoms with E-state index < -0.39 is 12.2 Å². The van der Waals surface area contributed by atoms with Crippen LogP contribution in [0.2, 0.25) is 0 Å². The van der Waals surface area contributed by atoms with Gasteiger partial charge in [0.05, 0.1) is 32.4 Å². The first-order valence-corrected chi connectivity index (χ1v) is 12.7. The number of ether oxygens (including phenoxy) is 1. The largest absolute Gasteiger partial charge is 0.378 e. The minimum Gasteiger partial charge on any atom is -0.378 e. The van der Waals surface area contributed by atoms with Crippen LogP contribution in [0.4, 0.5) is 15.8 Å². The lowest BCUT2D eigenvalue weighted by Gasteiger charge is -2.52. The highest BCUT2D eigenvalue weighted by molar-refractivity contribution is 5.95. The fourth-order valence-corrected chi connectivity index (χ4v) is 6.18. The Labute approximate surface area is 205 Å². The van der Waals surface area contributed by atoms with Gasteiger partial charge in [-0.25, -0.2) is 4.39 Å². The SMILES string of the molecule is N#C[C@@H]1C[C@H](F)CN1C(=O)CNC12CCC(C(=O)Nc3ccc(N4CCOCC4)cc3)(CC1)CC2. The third kappa shape index (κ3) is 4.87. The van der Waals surface area contributed by atoms with Crippen molar-refractivity contribution in [1.82, 2.24) is 10.2 Å². The molecule has 35 heavy (non-hydrogen) atoms. The minimum atomic E-state index is -1.12. The molecule has 2 atom stereocenters.